The van der Waals surface area contributed by atoms with Crippen LogP contribution in [0.2, 0.25) is 0 Å². The van der Waals surface area contributed by atoms with Gasteiger partial charge in [0.2, 0.25) is 0 Å². The van der Waals surface area contributed by atoms with Crippen molar-refractivity contribution in [3.63, 3.8) is 0 Å². The van der Waals surface area contributed by atoms with E-state index in [-0.39, 0.29) is 0 Å². The molecule has 0 rings (SSSR count). The molecule has 0 bridgehead atoms. The van der Waals surface area contributed by atoms with Gasteiger partial charge in [-0.05, 0) is 13.0 Å². The molecule has 0 aromatic rings. The standard InChI is InChI=1S/C14H29NO5/c1-2-3-4-5-6-7-8-15-9-11(17)13(19)14(20)12(18)10-16/h11-20H,2-8,10H2,1H3/t11-,12+,13+,14-/m0/s1. The van der Waals surface area contributed by atoms with Crippen LogP contribution in [0, 0.1) is 6.54 Å². The van der Waals surface area contributed by atoms with Gasteiger partial charge in [0.15, 0.2) is 0 Å². The van der Waals surface area contributed by atoms with Gasteiger partial charge in [-0.1, -0.05) is 39.0 Å². The molecule has 0 aliphatic carbocycles. The lowest BCUT2D eigenvalue weighted by Crippen LogP contribution is -2.47. The highest BCUT2D eigenvalue weighted by molar-refractivity contribution is 4.87. The Morgan fingerprint density at radius 1 is 0.900 bits per heavy atom. The molecular formula is C14H29NO5. The van der Waals surface area contributed by atoms with E-state index in [0.717, 1.165) is 12.8 Å². The maximum Gasteiger partial charge on any atom is 0.111 e. The Kier molecular flexibility index (Phi) is 12.3. The van der Waals surface area contributed by atoms with E-state index < -0.39 is 31.0 Å². The molecule has 0 unspecified atom stereocenters. The average Bonchev–Trinajstić information content (AvgIpc) is 2.47. The second kappa shape index (κ2) is 12.5. The number of aliphatic hydroxyl groups excluding tert-OH is 5. The zero-order valence-electron chi connectivity index (χ0n) is 12.2. The van der Waals surface area contributed by atoms with Crippen molar-refractivity contribution in [2.45, 2.75) is 69.9 Å². The Bertz CT molecular complexity index is 218. The van der Waals surface area contributed by atoms with Crippen molar-refractivity contribution in [1.82, 2.24) is 5.32 Å². The van der Waals surface area contributed by atoms with E-state index in [1.165, 1.54) is 25.7 Å². The van der Waals surface area contributed by atoms with E-state index in [9.17, 15) is 15.3 Å². The highest BCUT2D eigenvalue weighted by Crippen LogP contribution is 2.07. The van der Waals surface area contributed by atoms with Crippen LogP contribution in [0.25, 0.3) is 0 Å². The van der Waals surface area contributed by atoms with Gasteiger partial charge in [0.25, 0.3) is 0 Å². The number of hydrogen-bond acceptors (Lipinski definition) is 6. The van der Waals surface area contributed by atoms with E-state index >= 15 is 0 Å². The van der Waals surface area contributed by atoms with Gasteiger partial charge in [-0.3, -0.25) is 0 Å². The molecule has 0 heterocycles. The van der Waals surface area contributed by atoms with Crippen molar-refractivity contribution in [3.8, 4) is 0 Å². The summed E-state index contributed by atoms with van der Waals surface area (Å²) in [6, 6.07) is 0. The molecule has 4 atom stereocenters. The quantitative estimate of drug-likeness (QED) is 0.200. The average molecular weight is 291 g/mol. The largest absolute Gasteiger partial charge is 0.394 e. The lowest BCUT2D eigenvalue weighted by atomic mass is 10.0. The predicted octanol–water partition coefficient (Wildman–Crippen LogP) is -0.589. The van der Waals surface area contributed by atoms with Crippen molar-refractivity contribution >= 4 is 0 Å². The van der Waals surface area contributed by atoms with Gasteiger partial charge >= 0.3 is 0 Å². The molecule has 0 aliphatic rings. The minimum absolute atomic E-state index is 0.633. The molecule has 20 heavy (non-hydrogen) atoms. The fourth-order valence-electron chi connectivity index (χ4n) is 1.78. The summed E-state index contributed by atoms with van der Waals surface area (Å²) in [4.78, 5) is 0. The Morgan fingerprint density at radius 3 is 2.10 bits per heavy atom. The minimum atomic E-state index is -1.61. The van der Waals surface area contributed by atoms with E-state index in [4.69, 9.17) is 10.2 Å². The molecule has 6 N–H and O–H groups in total. The van der Waals surface area contributed by atoms with Crippen LogP contribution in [0.4, 0.5) is 0 Å². The van der Waals surface area contributed by atoms with E-state index in [1.54, 1.807) is 0 Å². The zero-order chi connectivity index (χ0) is 15.4. The van der Waals surface area contributed by atoms with Crippen molar-refractivity contribution in [2.75, 3.05) is 13.2 Å². The molecule has 0 aliphatic heterocycles. The summed E-state index contributed by atoms with van der Waals surface area (Å²) in [6.07, 6.45) is 0.811. The fraction of sp³-hybridized carbons (Fsp3) is 0.929. The molecule has 0 amide bonds. The molecule has 0 aromatic heterocycles. The van der Waals surface area contributed by atoms with Crippen LogP contribution in [0.5, 0.6) is 0 Å². The third kappa shape index (κ3) is 8.84. The van der Waals surface area contributed by atoms with Crippen LogP contribution in [-0.2, 0) is 0 Å². The third-order valence-electron chi connectivity index (χ3n) is 3.16. The third-order valence-corrected chi connectivity index (χ3v) is 3.16. The smallest absolute Gasteiger partial charge is 0.111 e. The summed E-state index contributed by atoms with van der Waals surface area (Å²) in [5.74, 6) is 0. The molecule has 120 valence electrons. The highest BCUT2D eigenvalue weighted by Gasteiger charge is 2.30. The van der Waals surface area contributed by atoms with Crippen LogP contribution in [-0.4, -0.2) is 63.1 Å². The molecule has 0 aromatic carbocycles. The highest BCUT2D eigenvalue weighted by atomic mass is 16.4. The van der Waals surface area contributed by atoms with Gasteiger partial charge in [0.1, 0.15) is 24.4 Å². The Hall–Kier alpha value is -0.240. The number of nitrogens with one attached hydrogen (secondary N) is 1. The lowest BCUT2D eigenvalue weighted by molar-refractivity contribution is -0.108. The number of hydrogen-bond donors (Lipinski definition) is 6. The zero-order valence-corrected chi connectivity index (χ0v) is 12.2. The monoisotopic (exact) mass is 291 g/mol. The lowest BCUT2D eigenvalue weighted by Gasteiger charge is -2.25. The number of unbranched alkanes of at least 4 members (excludes halogenated alkanes) is 5. The van der Waals surface area contributed by atoms with Gasteiger partial charge in [-0.25, -0.2) is 0 Å². The summed E-state index contributed by atoms with van der Waals surface area (Å²) >= 11 is 0. The van der Waals surface area contributed by atoms with E-state index in [0.29, 0.717) is 6.54 Å². The van der Waals surface area contributed by atoms with Gasteiger partial charge < -0.3 is 30.8 Å². The van der Waals surface area contributed by atoms with Gasteiger partial charge in [0, 0.05) is 0 Å². The maximum absolute atomic E-state index is 9.53. The van der Waals surface area contributed by atoms with Crippen molar-refractivity contribution in [2.24, 2.45) is 0 Å². The van der Waals surface area contributed by atoms with Crippen LogP contribution < -0.4 is 5.32 Å². The molecule has 2 radical (unpaired) electrons. The second-order valence-electron chi connectivity index (χ2n) is 5.01. The predicted molar refractivity (Wildman–Crippen MR) is 75.7 cm³/mol. The Balaban J connectivity index is 3.59. The number of rotatable bonds is 13. The molecule has 0 saturated carbocycles. The van der Waals surface area contributed by atoms with E-state index in [2.05, 4.69) is 18.8 Å². The molecule has 0 saturated heterocycles. The Morgan fingerprint density at radius 2 is 1.50 bits per heavy atom. The molecule has 6 nitrogen and oxygen atoms in total. The summed E-state index contributed by atoms with van der Waals surface area (Å²) < 4.78 is 0. The van der Waals surface area contributed by atoms with Crippen LogP contribution >= 0.6 is 0 Å². The van der Waals surface area contributed by atoms with Crippen LogP contribution in [0.1, 0.15) is 45.4 Å². The first-order valence-electron chi connectivity index (χ1n) is 7.36. The first-order valence-corrected chi connectivity index (χ1v) is 7.36. The second-order valence-corrected chi connectivity index (χ2v) is 5.01. The summed E-state index contributed by atoms with van der Waals surface area (Å²) in [5, 5.41) is 49.0. The fourth-order valence-corrected chi connectivity index (χ4v) is 1.78. The molecule has 6 heteroatoms. The first-order chi connectivity index (χ1) is 9.54. The van der Waals surface area contributed by atoms with Gasteiger partial charge in [0.05, 0.1) is 13.2 Å². The number of aliphatic hydroxyl groups is 5. The van der Waals surface area contributed by atoms with Crippen LogP contribution in [0.15, 0.2) is 0 Å². The molecule has 0 spiro atoms. The van der Waals surface area contributed by atoms with Crippen LogP contribution in [0.3, 0.4) is 0 Å². The maximum atomic E-state index is 9.53. The SMILES string of the molecule is CCCCCCCCN[C][C@H](O)[C@@H](O)[C@@H](O)[C@H](O)CO. The van der Waals surface area contributed by atoms with Crippen molar-refractivity contribution in [1.29, 1.82) is 0 Å². The normalized spacial score (nSPS) is 17.7. The summed E-state index contributed by atoms with van der Waals surface area (Å²) in [7, 11) is 0. The minimum Gasteiger partial charge on any atom is -0.394 e. The topological polar surface area (TPSA) is 113 Å². The molecule has 0 fully saturated rings. The molecular weight excluding hydrogens is 262 g/mol. The Labute approximate surface area is 121 Å². The summed E-state index contributed by atoms with van der Waals surface area (Å²) in [5.41, 5.74) is 0. The van der Waals surface area contributed by atoms with E-state index in [1.807, 2.05) is 0 Å². The van der Waals surface area contributed by atoms with Crippen molar-refractivity contribution in [3.05, 3.63) is 6.54 Å². The van der Waals surface area contributed by atoms with Gasteiger partial charge in [-0.2, -0.15) is 0 Å². The first kappa shape index (κ1) is 19.8. The van der Waals surface area contributed by atoms with Gasteiger partial charge in [-0.15, -0.1) is 0 Å². The summed E-state index contributed by atoms with van der Waals surface area (Å²) in [6.45, 7) is 4.56. The van der Waals surface area contributed by atoms with Crippen molar-refractivity contribution < 1.29 is 25.5 Å².